The molecule has 0 radical (unpaired) electrons. The molecule has 0 aromatic carbocycles. The summed E-state index contributed by atoms with van der Waals surface area (Å²) in [5, 5.41) is 0. The Morgan fingerprint density at radius 1 is 1.27 bits per heavy atom. The number of hydrogen-bond acceptors (Lipinski definition) is 4. The van der Waals surface area contributed by atoms with Crippen molar-refractivity contribution in [2.24, 2.45) is 0 Å². The molecular formula is C10H10N2O3. The van der Waals surface area contributed by atoms with Crippen LogP contribution in [0.3, 0.4) is 0 Å². The van der Waals surface area contributed by atoms with Crippen LogP contribution in [0, 0.1) is 0 Å². The normalized spacial score (nSPS) is 13.7. The lowest BCUT2D eigenvalue weighted by Gasteiger charge is -2.22. The van der Waals surface area contributed by atoms with E-state index in [1.165, 1.54) is 18.1 Å². The molecule has 0 N–H and O–H groups in total. The predicted octanol–water partition coefficient (Wildman–Crippen LogP) is 0.959. The van der Waals surface area contributed by atoms with Gasteiger partial charge in [0.05, 0.1) is 14.2 Å². The molecule has 0 bridgehead atoms. The van der Waals surface area contributed by atoms with E-state index in [-0.39, 0.29) is 5.91 Å². The Balaban J connectivity index is 2.38. The molecule has 2 heterocycles. The van der Waals surface area contributed by atoms with Gasteiger partial charge in [0.1, 0.15) is 11.6 Å². The summed E-state index contributed by atoms with van der Waals surface area (Å²) in [6.45, 7) is 0. The van der Waals surface area contributed by atoms with Gasteiger partial charge < -0.3 is 9.47 Å². The number of carbonyl (C=O) groups is 1. The third kappa shape index (κ3) is 1.63. The predicted molar refractivity (Wildman–Crippen MR) is 54.0 cm³/mol. The molecule has 0 fully saturated rings. The van der Waals surface area contributed by atoms with E-state index in [0.29, 0.717) is 17.4 Å². The van der Waals surface area contributed by atoms with Gasteiger partial charge >= 0.3 is 0 Å². The molecule has 1 aliphatic rings. The lowest BCUT2D eigenvalue weighted by atomic mass is 10.3. The van der Waals surface area contributed by atoms with E-state index in [1.807, 2.05) is 0 Å². The molecule has 5 heteroatoms. The number of anilines is 1. The Bertz CT molecular complexity index is 406. The molecule has 2 rings (SSSR count). The first-order valence-electron chi connectivity index (χ1n) is 4.36. The quantitative estimate of drug-likeness (QED) is 0.739. The van der Waals surface area contributed by atoms with Gasteiger partial charge in [0.25, 0.3) is 5.91 Å². The van der Waals surface area contributed by atoms with Gasteiger partial charge in [-0.3, -0.25) is 9.69 Å². The number of nitrogens with zero attached hydrogens (tertiary/aromatic N) is 2. The van der Waals surface area contributed by atoms with Crippen LogP contribution >= 0.6 is 0 Å². The van der Waals surface area contributed by atoms with Crippen molar-refractivity contribution in [1.29, 1.82) is 0 Å². The Hall–Kier alpha value is -2.04. The summed E-state index contributed by atoms with van der Waals surface area (Å²) < 4.78 is 10.1. The molecule has 0 saturated carbocycles. The first-order chi connectivity index (χ1) is 7.24. The zero-order valence-electron chi connectivity index (χ0n) is 8.43. The summed E-state index contributed by atoms with van der Waals surface area (Å²) in [5.41, 5.74) is 0. The van der Waals surface area contributed by atoms with Crippen molar-refractivity contribution < 1.29 is 14.3 Å². The Morgan fingerprint density at radius 2 is 2.07 bits per heavy atom. The second kappa shape index (κ2) is 3.61. The van der Waals surface area contributed by atoms with Crippen molar-refractivity contribution in [2.45, 2.75) is 0 Å². The zero-order chi connectivity index (χ0) is 10.8. The highest BCUT2D eigenvalue weighted by molar-refractivity contribution is 6.08. The van der Waals surface area contributed by atoms with Crippen molar-refractivity contribution in [3.05, 3.63) is 24.4 Å². The Kier molecular flexibility index (Phi) is 2.29. The molecule has 1 amide bonds. The second-order valence-corrected chi connectivity index (χ2v) is 2.93. The van der Waals surface area contributed by atoms with E-state index in [4.69, 9.17) is 9.47 Å². The molecule has 5 nitrogen and oxygen atoms in total. The Labute approximate surface area is 86.9 Å². The maximum absolute atomic E-state index is 11.1. The van der Waals surface area contributed by atoms with E-state index in [9.17, 15) is 4.79 Å². The lowest BCUT2D eigenvalue weighted by molar-refractivity contribution is -0.114. The van der Waals surface area contributed by atoms with Gasteiger partial charge in [-0.2, -0.15) is 4.98 Å². The van der Waals surface area contributed by atoms with Gasteiger partial charge in [-0.25, -0.2) is 0 Å². The van der Waals surface area contributed by atoms with E-state index in [1.54, 1.807) is 25.4 Å². The minimum Gasteiger partial charge on any atom is -0.496 e. The average Bonchev–Trinajstić information content (AvgIpc) is 2.26. The van der Waals surface area contributed by atoms with Crippen LogP contribution < -0.4 is 14.4 Å². The molecular weight excluding hydrogens is 196 g/mol. The van der Waals surface area contributed by atoms with Crippen LogP contribution in [0.2, 0.25) is 0 Å². The van der Waals surface area contributed by atoms with Crippen LogP contribution in [0.5, 0.6) is 11.6 Å². The fourth-order valence-electron chi connectivity index (χ4n) is 1.21. The molecule has 1 aliphatic heterocycles. The summed E-state index contributed by atoms with van der Waals surface area (Å²) in [6.07, 6.45) is 3.11. The van der Waals surface area contributed by atoms with Crippen molar-refractivity contribution in [3.63, 3.8) is 0 Å². The highest BCUT2D eigenvalue weighted by Crippen LogP contribution is 2.26. The number of hydrogen-bond donors (Lipinski definition) is 0. The molecule has 1 aromatic heterocycles. The van der Waals surface area contributed by atoms with Crippen molar-refractivity contribution >= 4 is 11.7 Å². The number of rotatable bonds is 3. The number of ether oxygens (including phenoxy) is 2. The third-order valence-corrected chi connectivity index (χ3v) is 2.06. The number of aromatic nitrogens is 1. The smallest absolute Gasteiger partial charge is 0.257 e. The van der Waals surface area contributed by atoms with Crippen LogP contribution in [0.15, 0.2) is 24.4 Å². The van der Waals surface area contributed by atoms with Gasteiger partial charge in [0.2, 0.25) is 5.88 Å². The van der Waals surface area contributed by atoms with Crippen LogP contribution in [0.1, 0.15) is 0 Å². The molecule has 0 saturated heterocycles. The summed E-state index contributed by atoms with van der Waals surface area (Å²) in [6, 6.07) is 3.32. The zero-order valence-corrected chi connectivity index (χ0v) is 8.43. The van der Waals surface area contributed by atoms with Crippen LogP contribution in [-0.2, 0) is 4.79 Å². The number of methoxy groups -OCH3 is 2. The fraction of sp³-hybridized carbons (Fsp3) is 0.200. The first-order valence-corrected chi connectivity index (χ1v) is 4.36. The largest absolute Gasteiger partial charge is 0.496 e. The molecule has 0 unspecified atom stereocenters. The molecule has 0 atom stereocenters. The van der Waals surface area contributed by atoms with Crippen molar-refractivity contribution in [2.75, 3.05) is 19.1 Å². The first kappa shape index (κ1) is 9.51. The standard InChI is InChI=1S/C10H10N2O3/c1-14-7-5-8(11-9(6-7)15-2)12-4-3-10(12)13/h3-6H,1-2H3. The number of amides is 1. The van der Waals surface area contributed by atoms with Gasteiger partial charge in [-0.05, 0) is 0 Å². The number of pyridine rings is 1. The summed E-state index contributed by atoms with van der Waals surface area (Å²) in [7, 11) is 3.06. The van der Waals surface area contributed by atoms with Crippen LogP contribution in [0.4, 0.5) is 5.82 Å². The second-order valence-electron chi connectivity index (χ2n) is 2.93. The van der Waals surface area contributed by atoms with E-state index in [0.717, 1.165) is 0 Å². The minimum atomic E-state index is -0.0993. The fourth-order valence-corrected chi connectivity index (χ4v) is 1.21. The van der Waals surface area contributed by atoms with Crippen molar-refractivity contribution in [1.82, 2.24) is 4.98 Å². The van der Waals surface area contributed by atoms with E-state index < -0.39 is 0 Å². The van der Waals surface area contributed by atoms with Crippen LogP contribution in [0.25, 0.3) is 0 Å². The van der Waals surface area contributed by atoms with Gasteiger partial charge in [0.15, 0.2) is 0 Å². The van der Waals surface area contributed by atoms with E-state index in [2.05, 4.69) is 4.98 Å². The lowest BCUT2D eigenvalue weighted by Crippen LogP contribution is -2.31. The number of carbonyl (C=O) groups excluding carboxylic acids is 1. The summed E-state index contributed by atoms with van der Waals surface area (Å²) >= 11 is 0. The van der Waals surface area contributed by atoms with Crippen molar-refractivity contribution in [3.8, 4) is 11.6 Å². The molecule has 1 aromatic rings. The maximum Gasteiger partial charge on any atom is 0.257 e. The van der Waals surface area contributed by atoms with Crippen LogP contribution in [-0.4, -0.2) is 25.1 Å². The topological polar surface area (TPSA) is 51.7 Å². The summed E-state index contributed by atoms with van der Waals surface area (Å²) in [5.74, 6) is 1.42. The Morgan fingerprint density at radius 3 is 2.53 bits per heavy atom. The molecule has 0 aliphatic carbocycles. The highest BCUT2D eigenvalue weighted by Gasteiger charge is 2.20. The molecule has 0 spiro atoms. The van der Waals surface area contributed by atoms with Gasteiger partial charge in [0, 0.05) is 24.4 Å². The van der Waals surface area contributed by atoms with Gasteiger partial charge in [-0.1, -0.05) is 0 Å². The molecule has 15 heavy (non-hydrogen) atoms. The summed E-state index contributed by atoms with van der Waals surface area (Å²) in [4.78, 5) is 16.7. The monoisotopic (exact) mass is 206 g/mol. The SMILES string of the molecule is COc1cc(OC)nc(N2C=CC2=O)c1. The third-order valence-electron chi connectivity index (χ3n) is 2.06. The maximum atomic E-state index is 11.1. The minimum absolute atomic E-state index is 0.0993. The van der Waals surface area contributed by atoms with E-state index >= 15 is 0 Å². The highest BCUT2D eigenvalue weighted by atomic mass is 16.5. The van der Waals surface area contributed by atoms with Gasteiger partial charge in [-0.15, -0.1) is 0 Å². The molecule has 78 valence electrons. The average molecular weight is 206 g/mol.